The zero-order valence-corrected chi connectivity index (χ0v) is 16.8. The molecule has 29 heavy (non-hydrogen) atoms. The van der Waals surface area contributed by atoms with Crippen LogP contribution in [0.3, 0.4) is 0 Å². The lowest BCUT2D eigenvalue weighted by molar-refractivity contribution is -0.118. The summed E-state index contributed by atoms with van der Waals surface area (Å²) in [6.45, 7) is 0.368. The van der Waals surface area contributed by atoms with Crippen LogP contribution in [-0.4, -0.2) is 26.4 Å². The number of nitrogens with one attached hydrogen (secondary N) is 1. The summed E-state index contributed by atoms with van der Waals surface area (Å²) in [7, 11) is 0. The Morgan fingerprint density at radius 3 is 2.69 bits per heavy atom. The van der Waals surface area contributed by atoms with Crippen LogP contribution in [0.1, 0.15) is 43.7 Å². The summed E-state index contributed by atoms with van der Waals surface area (Å²) in [6.07, 6.45) is 7.41. The zero-order valence-electron chi connectivity index (χ0n) is 16.0. The monoisotopic (exact) mass is 414 g/mol. The number of carbonyl (C=O) groups excluding carboxylic acids is 1. The number of rotatable bonds is 7. The van der Waals surface area contributed by atoms with Crippen LogP contribution in [0.2, 0.25) is 0 Å². The van der Waals surface area contributed by atoms with E-state index in [0.29, 0.717) is 18.3 Å². The Bertz CT molecular complexity index is 934. The number of hydrogen-bond donors (Lipinski definition) is 1. The second kappa shape index (κ2) is 9.26. The topological polar surface area (TPSA) is 73.0 Å². The van der Waals surface area contributed by atoms with Gasteiger partial charge < -0.3 is 9.73 Å². The molecule has 0 saturated heterocycles. The highest BCUT2D eigenvalue weighted by Crippen LogP contribution is 2.35. The number of nitrogens with zero attached hydrogens (tertiary/aromatic N) is 3. The quantitative estimate of drug-likeness (QED) is 0.573. The molecule has 0 unspecified atom stereocenters. The van der Waals surface area contributed by atoms with E-state index in [0.717, 1.165) is 29.4 Å². The average Bonchev–Trinajstić information content (AvgIpc) is 3.42. The third-order valence-corrected chi connectivity index (χ3v) is 6.02. The maximum Gasteiger partial charge on any atom is 0.230 e. The molecular weight excluding hydrogens is 391 g/mol. The Kier molecular flexibility index (Phi) is 6.29. The highest BCUT2D eigenvalue weighted by Gasteiger charge is 2.25. The van der Waals surface area contributed by atoms with Gasteiger partial charge in [-0.3, -0.25) is 9.36 Å². The van der Waals surface area contributed by atoms with Crippen molar-refractivity contribution in [1.29, 1.82) is 0 Å². The van der Waals surface area contributed by atoms with Gasteiger partial charge >= 0.3 is 0 Å². The summed E-state index contributed by atoms with van der Waals surface area (Å²) in [5, 5.41) is 12.3. The number of furan rings is 1. The van der Waals surface area contributed by atoms with Crippen LogP contribution < -0.4 is 5.32 Å². The first-order chi connectivity index (χ1) is 14.2. The molecule has 1 aromatic carbocycles. The molecule has 1 amide bonds. The van der Waals surface area contributed by atoms with Gasteiger partial charge in [0.15, 0.2) is 10.9 Å². The maximum atomic E-state index is 13.0. The minimum Gasteiger partial charge on any atom is -0.461 e. The second-order valence-electron chi connectivity index (χ2n) is 7.14. The van der Waals surface area contributed by atoms with Gasteiger partial charge in [-0.1, -0.05) is 43.2 Å². The number of halogens is 1. The van der Waals surface area contributed by atoms with E-state index in [1.807, 2.05) is 12.1 Å². The van der Waals surface area contributed by atoms with E-state index < -0.39 is 0 Å². The molecule has 0 bridgehead atoms. The van der Waals surface area contributed by atoms with Crippen molar-refractivity contribution in [3.63, 3.8) is 0 Å². The third-order valence-electron chi connectivity index (χ3n) is 5.08. The number of hydrogen-bond acceptors (Lipinski definition) is 5. The Morgan fingerprint density at radius 2 is 1.97 bits per heavy atom. The number of amides is 1. The molecule has 0 atom stereocenters. The molecule has 1 aliphatic carbocycles. The lowest BCUT2D eigenvalue weighted by Crippen LogP contribution is -2.25. The van der Waals surface area contributed by atoms with Gasteiger partial charge in [-0.2, -0.15) is 0 Å². The predicted octanol–water partition coefficient (Wildman–Crippen LogP) is 4.59. The summed E-state index contributed by atoms with van der Waals surface area (Å²) in [6, 6.07) is 10.1. The summed E-state index contributed by atoms with van der Waals surface area (Å²) in [5.74, 6) is 1.26. The zero-order chi connectivity index (χ0) is 20.1. The van der Waals surface area contributed by atoms with Gasteiger partial charge in [-0.05, 0) is 42.7 Å². The minimum atomic E-state index is -0.287. The van der Waals surface area contributed by atoms with E-state index in [1.54, 1.807) is 18.4 Å². The van der Waals surface area contributed by atoms with Crippen molar-refractivity contribution in [3.05, 3.63) is 54.0 Å². The summed E-state index contributed by atoms with van der Waals surface area (Å²) < 4.78 is 20.7. The Labute approximate surface area is 172 Å². The van der Waals surface area contributed by atoms with E-state index >= 15 is 0 Å². The van der Waals surface area contributed by atoms with Crippen LogP contribution in [0.15, 0.2) is 52.2 Å². The third kappa shape index (κ3) is 4.87. The van der Waals surface area contributed by atoms with Crippen molar-refractivity contribution in [2.45, 2.75) is 49.8 Å². The van der Waals surface area contributed by atoms with Crippen LogP contribution in [0.25, 0.3) is 11.6 Å². The van der Waals surface area contributed by atoms with Crippen LogP contribution in [0.4, 0.5) is 4.39 Å². The summed E-state index contributed by atoms with van der Waals surface area (Å²) >= 11 is 1.38. The molecule has 2 aromatic heterocycles. The first kappa shape index (κ1) is 19.7. The normalized spacial score (nSPS) is 14.8. The van der Waals surface area contributed by atoms with Gasteiger partial charge in [0.05, 0.1) is 12.0 Å². The standard InChI is InChI=1S/C21H23FN4O2S/c22-16-10-8-15(9-11-16)13-23-19(27)14-29-21-25-24-20(18-7-4-12-28-18)26(21)17-5-2-1-3-6-17/h4,7-12,17H,1-3,5-6,13-14H2,(H,23,27). The van der Waals surface area contributed by atoms with Crippen LogP contribution in [0.5, 0.6) is 0 Å². The van der Waals surface area contributed by atoms with E-state index in [1.165, 1.54) is 43.2 Å². The van der Waals surface area contributed by atoms with Crippen LogP contribution in [0, 0.1) is 5.82 Å². The largest absolute Gasteiger partial charge is 0.461 e. The minimum absolute atomic E-state index is 0.0999. The molecule has 1 saturated carbocycles. The van der Waals surface area contributed by atoms with Crippen molar-refractivity contribution in [2.75, 3.05) is 5.75 Å². The van der Waals surface area contributed by atoms with Crippen molar-refractivity contribution < 1.29 is 13.6 Å². The van der Waals surface area contributed by atoms with Crippen molar-refractivity contribution >= 4 is 17.7 Å². The number of aromatic nitrogens is 3. The molecule has 1 N–H and O–H groups in total. The highest BCUT2D eigenvalue weighted by molar-refractivity contribution is 7.99. The molecule has 2 heterocycles. The number of thioether (sulfide) groups is 1. The summed E-state index contributed by atoms with van der Waals surface area (Å²) in [5.41, 5.74) is 0.857. The molecule has 1 aliphatic rings. The number of carbonyl (C=O) groups is 1. The molecule has 6 nitrogen and oxygen atoms in total. The maximum absolute atomic E-state index is 13.0. The lowest BCUT2D eigenvalue weighted by Gasteiger charge is -2.25. The molecule has 3 aromatic rings. The fraction of sp³-hybridized carbons (Fsp3) is 0.381. The summed E-state index contributed by atoms with van der Waals surface area (Å²) in [4.78, 5) is 12.3. The molecule has 1 fully saturated rings. The van der Waals surface area contributed by atoms with E-state index in [4.69, 9.17) is 4.42 Å². The first-order valence-electron chi connectivity index (χ1n) is 9.83. The molecule has 8 heteroatoms. The van der Waals surface area contributed by atoms with Gasteiger partial charge in [0.1, 0.15) is 5.82 Å². The van der Waals surface area contributed by atoms with Gasteiger partial charge in [0.25, 0.3) is 0 Å². The molecule has 0 spiro atoms. The molecule has 0 radical (unpaired) electrons. The van der Waals surface area contributed by atoms with Gasteiger partial charge in [-0.25, -0.2) is 4.39 Å². The van der Waals surface area contributed by atoms with Crippen LogP contribution in [-0.2, 0) is 11.3 Å². The fourth-order valence-electron chi connectivity index (χ4n) is 3.60. The number of benzene rings is 1. The van der Waals surface area contributed by atoms with Gasteiger partial charge in [0.2, 0.25) is 11.7 Å². The Hall–Kier alpha value is -2.61. The lowest BCUT2D eigenvalue weighted by atomic mass is 9.95. The van der Waals surface area contributed by atoms with E-state index in [-0.39, 0.29) is 17.5 Å². The smallest absolute Gasteiger partial charge is 0.230 e. The highest BCUT2D eigenvalue weighted by atomic mass is 32.2. The van der Waals surface area contributed by atoms with E-state index in [2.05, 4.69) is 20.1 Å². The van der Waals surface area contributed by atoms with Crippen molar-refractivity contribution in [2.24, 2.45) is 0 Å². The van der Waals surface area contributed by atoms with Gasteiger partial charge in [0, 0.05) is 12.6 Å². The molecule has 4 rings (SSSR count). The van der Waals surface area contributed by atoms with Crippen molar-refractivity contribution in [3.8, 4) is 11.6 Å². The molecule has 0 aliphatic heterocycles. The van der Waals surface area contributed by atoms with Crippen LogP contribution >= 0.6 is 11.8 Å². The Balaban J connectivity index is 1.42. The van der Waals surface area contributed by atoms with E-state index in [9.17, 15) is 9.18 Å². The molecular formula is C21H23FN4O2S. The fourth-order valence-corrected chi connectivity index (χ4v) is 4.44. The predicted molar refractivity (Wildman–Crippen MR) is 109 cm³/mol. The second-order valence-corrected chi connectivity index (χ2v) is 8.08. The van der Waals surface area contributed by atoms with Gasteiger partial charge in [-0.15, -0.1) is 10.2 Å². The average molecular weight is 415 g/mol. The van der Waals surface area contributed by atoms with Crippen molar-refractivity contribution in [1.82, 2.24) is 20.1 Å². The SMILES string of the molecule is O=C(CSc1nnc(-c2ccco2)n1C1CCCCC1)NCc1ccc(F)cc1. The Morgan fingerprint density at radius 1 is 1.17 bits per heavy atom. The molecule has 152 valence electrons. The first-order valence-corrected chi connectivity index (χ1v) is 10.8.